The molecule has 10 heteroatoms. The summed E-state index contributed by atoms with van der Waals surface area (Å²) in [5, 5.41) is 10.3. The number of amides is 1. The lowest BCUT2D eigenvalue weighted by molar-refractivity contribution is -0.113. The lowest BCUT2D eigenvalue weighted by atomic mass is 10.00. The molecule has 37 heavy (non-hydrogen) atoms. The second kappa shape index (κ2) is 11.3. The number of hydrazine groups is 1. The van der Waals surface area contributed by atoms with Crippen LogP contribution in [0.15, 0.2) is 66.0 Å². The fraction of sp³-hybridized carbons (Fsp3) is 0.370. The van der Waals surface area contributed by atoms with Crippen molar-refractivity contribution in [3.05, 3.63) is 72.1 Å². The summed E-state index contributed by atoms with van der Waals surface area (Å²) in [5.74, 6) is 1.01. The molecule has 2 aromatic carbocycles. The van der Waals surface area contributed by atoms with Crippen LogP contribution in [0.3, 0.4) is 0 Å². The number of fused-ring (bicyclic) bond motifs is 3. The quantitative estimate of drug-likeness (QED) is 0.337. The van der Waals surface area contributed by atoms with Gasteiger partial charge in [0.05, 0.1) is 24.4 Å². The summed E-state index contributed by atoms with van der Waals surface area (Å²) in [5.41, 5.74) is 9.35. The Labute approximate surface area is 221 Å². The second-order valence-electron chi connectivity index (χ2n) is 9.31. The highest BCUT2D eigenvalue weighted by atomic mass is 32.2. The molecule has 2 aromatic rings. The standard InChI is InChI=1S/C27H32N6O3S/c1-3-4-15-36-22-11-7-20(8-12-22)23-16-24-26-29-30-27(32(26)13-14-33(24)31-23)37-17-25(35)28-21-9-5-19(6-10-21)18(2)34/h5-14,23-24,26,29,31H,3-4,15-17H2,1-2H3,(H,28,35). The number of ketones is 1. The van der Waals surface area contributed by atoms with Gasteiger partial charge in [-0.1, -0.05) is 37.2 Å². The summed E-state index contributed by atoms with van der Waals surface area (Å²) in [6, 6.07) is 15.6. The molecule has 3 heterocycles. The maximum Gasteiger partial charge on any atom is 0.234 e. The number of ether oxygens (including phenoxy) is 1. The molecule has 1 amide bonds. The summed E-state index contributed by atoms with van der Waals surface area (Å²) >= 11 is 1.39. The van der Waals surface area contributed by atoms with Crippen LogP contribution in [-0.2, 0) is 4.79 Å². The maximum absolute atomic E-state index is 12.5. The third-order valence-corrected chi connectivity index (χ3v) is 7.63. The van der Waals surface area contributed by atoms with Gasteiger partial charge in [-0.15, -0.1) is 0 Å². The molecule has 3 aliphatic heterocycles. The zero-order valence-corrected chi connectivity index (χ0v) is 21.8. The monoisotopic (exact) mass is 520 g/mol. The van der Waals surface area contributed by atoms with E-state index in [1.54, 1.807) is 24.3 Å². The third kappa shape index (κ3) is 5.75. The Morgan fingerprint density at radius 1 is 1.14 bits per heavy atom. The molecule has 0 aromatic heterocycles. The molecular weight excluding hydrogens is 488 g/mol. The van der Waals surface area contributed by atoms with Crippen LogP contribution in [0.25, 0.3) is 0 Å². The van der Waals surface area contributed by atoms with Crippen molar-refractivity contribution in [1.29, 1.82) is 0 Å². The smallest absolute Gasteiger partial charge is 0.234 e. The van der Waals surface area contributed by atoms with E-state index in [1.807, 2.05) is 24.5 Å². The Morgan fingerprint density at radius 2 is 1.92 bits per heavy atom. The second-order valence-corrected chi connectivity index (χ2v) is 10.2. The average molecular weight is 521 g/mol. The number of rotatable bonds is 9. The molecule has 0 bridgehead atoms. The van der Waals surface area contributed by atoms with E-state index in [1.165, 1.54) is 24.2 Å². The fourth-order valence-corrected chi connectivity index (χ4v) is 5.39. The number of nitrogens with zero attached hydrogens (tertiary/aromatic N) is 3. The highest BCUT2D eigenvalue weighted by Gasteiger charge is 2.44. The molecule has 0 aliphatic carbocycles. The molecule has 3 unspecified atom stereocenters. The Balaban J connectivity index is 1.12. The number of benzene rings is 2. The normalized spacial score (nSPS) is 21.7. The zero-order chi connectivity index (χ0) is 25.8. The van der Waals surface area contributed by atoms with E-state index in [2.05, 4.69) is 50.2 Å². The van der Waals surface area contributed by atoms with Gasteiger partial charge in [0.15, 0.2) is 11.0 Å². The van der Waals surface area contributed by atoms with Crippen LogP contribution in [0.2, 0.25) is 0 Å². The van der Waals surface area contributed by atoms with E-state index < -0.39 is 0 Å². The number of nitrogens with one attached hydrogen (secondary N) is 3. The van der Waals surface area contributed by atoms with E-state index in [-0.39, 0.29) is 35.7 Å². The first kappa shape index (κ1) is 25.2. The number of carbonyl (C=O) groups is 2. The number of thioether (sulfide) groups is 1. The highest BCUT2D eigenvalue weighted by molar-refractivity contribution is 8.14. The SMILES string of the molecule is CCCCOc1ccc(C2CC3C4NN=C(SCC(=O)Nc5ccc(C(C)=O)cc5)N4C=CN3N2)cc1. The van der Waals surface area contributed by atoms with Gasteiger partial charge in [0, 0.05) is 23.7 Å². The van der Waals surface area contributed by atoms with Crippen LogP contribution in [0.5, 0.6) is 5.75 Å². The predicted molar refractivity (Wildman–Crippen MR) is 146 cm³/mol. The number of amidine groups is 1. The summed E-state index contributed by atoms with van der Waals surface area (Å²) < 4.78 is 5.80. The zero-order valence-electron chi connectivity index (χ0n) is 21.0. The van der Waals surface area contributed by atoms with Crippen molar-refractivity contribution in [2.75, 3.05) is 17.7 Å². The minimum absolute atomic E-state index is 0.00280. The van der Waals surface area contributed by atoms with Crippen LogP contribution in [0, 0.1) is 0 Å². The predicted octanol–water partition coefficient (Wildman–Crippen LogP) is 4.05. The molecule has 5 rings (SSSR count). The third-order valence-electron chi connectivity index (χ3n) is 6.66. The number of unbranched alkanes of at least 4 members (excludes halogenated alkanes) is 1. The summed E-state index contributed by atoms with van der Waals surface area (Å²) in [7, 11) is 0. The highest BCUT2D eigenvalue weighted by Crippen LogP contribution is 2.35. The van der Waals surface area contributed by atoms with E-state index in [0.717, 1.165) is 36.8 Å². The maximum atomic E-state index is 12.5. The van der Waals surface area contributed by atoms with E-state index in [0.29, 0.717) is 11.3 Å². The topological polar surface area (TPSA) is 98.3 Å². The van der Waals surface area contributed by atoms with Gasteiger partial charge in [-0.25, -0.2) is 5.43 Å². The van der Waals surface area contributed by atoms with Crippen LogP contribution >= 0.6 is 11.8 Å². The Kier molecular flexibility index (Phi) is 7.66. The van der Waals surface area contributed by atoms with Gasteiger partial charge in [0.25, 0.3) is 0 Å². The summed E-state index contributed by atoms with van der Waals surface area (Å²) in [4.78, 5) is 26.0. The van der Waals surface area contributed by atoms with Crippen molar-refractivity contribution in [3.63, 3.8) is 0 Å². The number of carbonyl (C=O) groups excluding carboxylic acids is 2. The first-order valence-electron chi connectivity index (χ1n) is 12.6. The van der Waals surface area contributed by atoms with Crippen molar-refractivity contribution in [3.8, 4) is 5.75 Å². The molecule has 3 N–H and O–H groups in total. The molecule has 0 spiro atoms. The molecule has 3 atom stereocenters. The molecule has 1 saturated heterocycles. The molecular formula is C27H32N6O3S. The number of hydrazone groups is 1. The van der Waals surface area contributed by atoms with Crippen molar-refractivity contribution < 1.29 is 14.3 Å². The molecule has 3 aliphatic rings. The largest absolute Gasteiger partial charge is 0.494 e. The van der Waals surface area contributed by atoms with Crippen LogP contribution in [0.4, 0.5) is 5.69 Å². The fourth-order valence-electron chi connectivity index (χ4n) is 4.61. The van der Waals surface area contributed by atoms with Gasteiger partial charge in [0.2, 0.25) is 5.91 Å². The van der Waals surface area contributed by atoms with Gasteiger partial charge in [-0.2, -0.15) is 5.10 Å². The van der Waals surface area contributed by atoms with Crippen LogP contribution in [-0.4, -0.2) is 51.3 Å². The molecule has 0 radical (unpaired) electrons. The number of Topliss-reactive ketones (excluding diaryl/α,β-unsaturated/α-hetero) is 1. The lowest BCUT2D eigenvalue weighted by Crippen LogP contribution is -2.54. The lowest BCUT2D eigenvalue weighted by Gasteiger charge is -2.36. The molecule has 0 saturated carbocycles. The number of hydrogen-bond acceptors (Lipinski definition) is 9. The Bertz CT molecular complexity index is 1180. The van der Waals surface area contributed by atoms with Crippen molar-refractivity contribution >= 4 is 34.3 Å². The first-order valence-corrected chi connectivity index (χ1v) is 13.6. The minimum Gasteiger partial charge on any atom is -0.494 e. The molecule has 194 valence electrons. The molecule has 9 nitrogen and oxygen atoms in total. The van der Waals surface area contributed by atoms with Gasteiger partial charge in [-0.05, 0) is 61.7 Å². The molecule has 1 fully saturated rings. The van der Waals surface area contributed by atoms with Gasteiger partial charge < -0.3 is 20.0 Å². The van der Waals surface area contributed by atoms with Gasteiger partial charge in [0.1, 0.15) is 11.9 Å². The Morgan fingerprint density at radius 3 is 2.65 bits per heavy atom. The van der Waals surface area contributed by atoms with Crippen molar-refractivity contribution in [1.82, 2.24) is 20.8 Å². The van der Waals surface area contributed by atoms with Crippen LogP contribution < -0.4 is 20.9 Å². The van der Waals surface area contributed by atoms with E-state index >= 15 is 0 Å². The first-order chi connectivity index (χ1) is 18.0. The van der Waals surface area contributed by atoms with Gasteiger partial charge >= 0.3 is 0 Å². The van der Waals surface area contributed by atoms with E-state index in [4.69, 9.17) is 4.74 Å². The summed E-state index contributed by atoms with van der Waals surface area (Å²) in [6.45, 7) is 4.42. The minimum atomic E-state index is -0.126. The van der Waals surface area contributed by atoms with E-state index in [9.17, 15) is 9.59 Å². The van der Waals surface area contributed by atoms with Crippen molar-refractivity contribution in [2.45, 2.75) is 51.4 Å². The van der Waals surface area contributed by atoms with Gasteiger partial charge in [-0.3, -0.25) is 15.0 Å². The number of hydrogen-bond donors (Lipinski definition) is 3. The summed E-state index contributed by atoms with van der Waals surface area (Å²) in [6.07, 6.45) is 7.11. The Hall–Kier alpha value is -3.50. The van der Waals surface area contributed by atoms with Crippen LogP contribution in [0.1, 0.15) is 55.1 Å². The average Bonchev–Trinajstić information content (AvgIpc) is 3.52. The number of anilines is 1. The van der Waals surface area contributed by atoms with Crippen molar-refractivity contribution in [2.24, 2.45) is 5.10 Å².